The van der Waals surface area contributed by atoms with Gasteiger partial charge in [-0.2, -0.15) is 4.39 Å². The molecule has 2 N–H and O–H groups in total. The number of esters is 1. The number of furan rings is 1. The van der Waals surface area contributed by atoms with Crippen molar-refractivity contribution < 1.29 is 42.3 Å². The quantitative estimate of drug-likeness (QED) is 0.262. The maximum absolute atomic E-state index is 13.5. The zero-order valence-corrected chi connectivity index (χ0v) is 18.3. The Kier molecular flexibility index (Phi) is 7.61. The fraction of sp³-hybridized carbons (Fsp3) is 0.136. The SMILES string of the molecule is COc1cc(NC(=O)c2ccco2)c(C(=O)OCC(=O)Nc2ccc(F)c([N+](=O)[O-])c2)cc1OC. The lowest BCUT2D eigenvalue weighted by Gasteiger charge is -2.15. The molecule has 2 aromatic carbocycles. The van der Waals surface area contributed by atoms with Crippen LogP contribution in [0.25, 0.3) is 0 Å². The molecule has 0 unspecified atom stereocenters. The van der Waals surface area contributed by atoms with Crippen molar-refractivity contribution in [3.63, 3.8) is 0 Å². The van der Waals surface area contributed by atoms with Crippen LogP contribution in [0.3, 0.4) is 0 Å². The Morgan fingerprint density at radius 2 is 1.77 bits per heavy atom. The third-order valence-electron chi connectivity index (χ3n) is 4.50. The van der Waals surface area contributed by atoms with E-state index in [1.54, 1.807) is 0 Å². The molecule has 12 nitrogen and oxygen atoms in total. The van der Waals surface area contributed by atoms with Gasteiger partial charge in [-0.15, -0.1) is 0 Å². The van der Waals surface area contributed by atoms with Gasteiger partial charge in [0.05, 0.1) is 36.7 Å². The maximum atomic E-state index is 13.5. The van der Waals surface area contributed by atoms with Gasteiger partial charge in [0.15, 0.2) is 23.9 Å². The van der Waals surface area contributed by atoms with Gasteiger partial charge in [0.1, 0.15) is 0 Å². The predicted octanol–water partition coefficient (Wildman–Crippen LogP) is 3.39. The highest BCUT2D eigenvalue weighted by Crippen LogP contribution is 2.34. The van der Waals surface area contributed by atoms with Gasteiger partial charge in [0.2, 0.25) is 5.82 Å². The molecule has 0 aliphatic heterocycles. The van der Waals surface area contributed by atoms with Gasteiger partial charge in [-0.05, 0) is 24.3 Å². The van der Waals surface area contributed by atoms with Gasteiger partial charge in [-0.25, -0.2) is 4.79 Å². The topological polar surface area (TPSA) is 159 Å². The number of nitro benzene ring substituents is 1. The molecular weight excluding hydrogens is 469 g/mol. The highest BCUT2D eigenvalue weighted by Gasteiger charge is 2.22. The third-order valence-corrected chi connectivity index (χ3v) is 4.50. The summed E-state index contributed by atoms with van der Waals surface area (Å²) in [5.74, 6) is -3.24. The lowest BCUT2D eigenvalue weighted by molar-refractivity contribution is -0.387. The number of halogens is 1. The summed E-state index contributed by atoms with van der Waals surface area (Å²) in [4.78, 5) is 47.2. The van der Waals surface area contributed by atoms with Gasteiger partial charge in [-0.3, -0.25) is 19.7 Å². The molecule has 0 atom stereocenters. The van der Waals surface area contributed by atoms with Gasteiger partial charge in [0, 0.05) is 23.9 Å². The van der Waals surface area contributed by atoms with Gasteiger partial charge in [0.25, 0.3) is 11.8 Å². The van der Waals surface area contributed by atoms with Crippen LogP contribution in [0.15, 0.2) is 53.1 Å². The van der Waals surface area contributed by atoms with Crippen molar-refractivity contribution >= 4 is 34.8 Å². The number of hydrogen-bond donors (Lipinski definition) is 2. The highest BCUT2D eigenvalue weighted by atomic mass is 19.1. The molecule has 1 heterocycles. The number of carbonyl (C=O) groups is 3. The zero-order chi connectivity index (χ0) is 25.5. The van der Waals surface area contributed by atoms with Crippen LogP contribution in [0, 0.1) is 15.9 Å². The molecular formula is C22H18FN3O9. The van der Waals surface area contributed by atoms with E-state index in [1.165, 1.54) is 44.7 Å². The number of nitro groups is 1. The fourth-order valence-electron chi connectivity index (χ4n) is 2.88. The second-order valence-corrected chi connectivity index (χ2v) is 6.73. The average Bonchev–Trinajstić information content (AvgIpc) is 3.38. The Balaban J connectivity index is 1.76. The van der Waals surface area contributed by atoms with Crippen LogP contribution in [0.4, 0.5) is 21.5 Å². The molecule has 3 aromatic rings. The van der Waals surface area contributed by atoms with Crippen LogP contribution >= 0.6 is 0 Å². The summed E-state index contributed by atoms with van der Waals surface area (Å²) in [6.07, 6.45) is 1.30. The van der Waals surface area contributed by atoms with E-state index in [4.69, 9.17) is 18.6 Å². The summed E-state index contributed by atoms with van der Waals surface area (Å²) in [6, 6.07) is 8.25. The number of nitrogens with zero attached hydrogens (tertiary/aromatic N) is 1. The van der Waals surface area contributed by atoms with Crippen molar-refractivity contribution in [1.82, 2.24) is 0 Å². The van der Waals surface area contributed by atoms with E-state index in [9.17, 15) is 28.9 Å². The first kappa shape index (κ1) is 24.7. The van der Waals surface area contributed by atoms with Crippen LogP contribution in [0.5, 0.6) is 11.5 Å². The van der Waals surface area contributed by atoms with Crippen molar-refractivity contribution in [2.75, 3.05) is 31.5 Å². The Bertz CT molecular complexity index is 1280. The smallest absolute Gasteiger partial charge is 0.340 e. The number of ether oxygens (including phenoxy) is 3. The molecule has 0 fully saturated rings. The Morgan fingerprint density at radius 1 is 1.06 bits per heavy atom. The van der Waals surface area contributed by atoms with Crippen LogP contribution in [-0.2, 0) is 9.53 Å². The lowest BCUT2D eigenvalue weighted by Crippen LogP contribution is -2.22. The normalized spacial score (nSPS) is 10.3. The van der Waals surface area contributed by atoms with Crippen molar-refractivity contribution in [3.05, 3.63) is 76.0 Å². The minimum atomic E-state index is -1.07. The lowest BCUT2D eigenvalue weighted by atomic mass is 10.1. The molecule has 0 bridgehead atoms. The molecule has 0 saturated heterocycles. The molecule has 2 amide bonds. The largest absolute Gasteiger partial charge is 0.493 e. The van der Waals surface area contributed by atoms with E-state index in [0.29, 0.717) is 0 Å². The Labute approximate surface area is 196 Å². The summed E-state index contributed by atoms with van der Waals surface area (Å²) in [6.45, 7) is -0.788. The summed E-state index contributed by atoms with van der Waals surface area (Å²) in [7, 11) is 2.70. The standard InChI is InChI=1S/C22H18FN3O9/c1-32-18-9-13(15(10-19(18)33-2)25-21(28)17-4-3-7-34-17)22(29)35-11-20(27)24-12-5-6-14(23)16(8-12)26(30)31/h3-10H,11H2,1-2H3,(H,24,27)(H,25,28). The molecule has 13 heteroatoms. The Hall–Kier alpha value is -4.94. The second kappa shape index (κ2) is 10.8. The van der Waals surface area contributed by atoms with Crippen molar-refractivity contribution in [1.29, 1.82) is 0 Å². The number of nitrogens with one attached hydrogen (secondary N) is 2. The molecule has 35 heavy (non-hydrogen) atoms. The molecule has 0 radical (unpaired) electrons. The second-order valence-electron chi connectivity index (χ2n) is 6.73. The summed E-state index contributed by atoms with van der Waals surface area (Å²) in [5.41, 5.74) is -1.07. The van der Waals surface area contributed by atoms with Gasteiger partial charge in [-0.1, -0.05) is 0 Å². The first-order chi connectivity index (χ1) is 16.7. The first-order valence-corrected chi connectivity index (χ1v) is 9.75. The monoisotopic (exact) mass is 487 g/mol. The first-order valence-electron chi connectivity index (χ1n) is 9.75. The fourth-order valence-corrected chi connectivity index (χ4v) is 2.88. The van der Waals surface area contributed by atoms with Crippen LogP contribution in [0.2, 0.25) is 0 Å². The number of benzene rings is 2. The van der Waals surface area contributed by atoms with E-state index in [0.717, 1.165) is 18.2 Å². The van der Waals surface area contributed by atoms with E-state index in [-0.39, 0.29) is 34.2 Å². The van der Waals surface area contributed by atoms with Crippen LogP contribution in [0.1, 0.15) is 20.9 Å². The third kappa shape index (κ3) is 5.90. The maximum Gasteiger partial charge on any atom is 0.340 e. The zero-order valence-electron chi connectivity index (χ0n) is 18.3. The van der Waals surface area contributed by atoms with E-state index >= 15 is 0 Å². The number of amides is 2. The molecule has 0 aliphatic carbocycles. The number of rotatable bonds is 9. The van der Waals surface area contributed by atoms with E-state index in [2.05, 4.69) is 10.6 Å². The predicted molar refractivity (Wildman–Crippen MR) is 118 cm³/mol. The number of anilines is 2. The minimum absolute atomic E-state index is 0.0105. The van der Waals surface area contributed by atoms with Crippen LogP contribution < -0.4 is 20.1 Å². The molecule has 0 aliphatic rings. The molecule has 3 rings (SSSR count). The van der Waals surface area contributed by atoms with Crippen molar-refractivity contribution in [2.24, 2.45) is 0 Å². The average molecular weight is 487 g/mol. The Morgan fingerprint density at radius 3 is 2.40 bits per heavy atom. The number of carbonyl (C=O) groups excluding carboxylic acids is 3. The highest BCUT2D eigenvalue weighted by molar-refractivity contribution is 6.07. The molecule has 1 aromatic heterocycles. The van der Waals surface area contributed by atoms with Crippen molar-refractivity contribution in [2.45, 2.75) is 0 Å². The van der Waals surface area contributed by atoms with Gasteiger partial charge >= 0.3 is 11.7 Å². The summed E-state index contributed by atoms with van der Waals surface area (Å²) in [5, 5.41) is 15.6. The van der Waals surface area contributed by atoms with Crippen molar-refractivity contribution in [3.8, 4) is 11.5 Å². The minimum Gasteiger partial charge on any atom is -0.493 e. The summed E-state index contributed by atoms with van der Waals surface area (Å²) >= 11 is 0. The summed E-state index contributed by atoms with van der Waals surface area (Å²) < 4.78 is 33.9. The van der Waals surface area contributed by atoms with Crippen LogP contribution in [-0.4, -0.2) is 43.5 Å². The molecule has 182 valence electrons. The van der Waals surface area contributed by atoms with Gasteiger partial charge < -0.3 is 29.3 Å². The molecule has 0 spiro atoms. The van der Waals surface area contributed by atoms with E-state index < -0.39 is 40.8 Å². The van der Waals surface area contributed by atoms with E-state index in [1.807, 2.05) is 0 Å². The number of hydrogen-bond acceptors (Lipinski definition) is 9. The number of methoxy groups -OCH3 is 2. The molecule has 0 saturated carbocycles.